The summed E-state index contributed by atoms with van der Waals surface area (Å²) in [6.45, 7) is 1.90. The number of rotatable bonds is 2. The second kappa shape index (κ2) is 3.01. The molecule has 4 heteroatoms. The number of hydrogen-bond acceptors (Lipinski definition) is 3. The number of aromatic nitrogens is 2. The van der Waals surface area contributed by atoms with Crippen molar-refractivity contribution in [2.75, 3.05) is 0 Å². The zero-order valence-electron chi connectivity index (χ0n) is 6.75. The lowest BCUT2D eigenvalue weighted by Crippen LogP contribution is -1.99. The van der Waals surface area contributed by atoms with Gasteiger partial charge in [-0.15, -0.1) is 5.10 Å². The molecule has 64 valence electrons. The predicted octanol–water partition coefficient (Wildman–Crippen LogP) is 2.09. The fourth-order valence-electron chi connectivity index (χ4n) is 0.898. The molecule has 1 aromatic heterocycles. The van der Waals surface area contributed by atoms with Crippen LogP contribution in [0.4, 0.5) is 0 Å². The molecular formula is C8H9BrN2O. The maximum absolute atomic E-state index is 5.59. The fourth-order valence-corrected chi connectivity index (χ4v) is 1.19. The van der Waals surface area contributed by atoms with Gasteiger partial charge in [0.2, 0.25) is 0 Å². The van der Waals surface area contributed by atoms with E-state index >= 15 is 0 Å². The van der Waals surface area contributed by atoms with Gasteiger partial charge in [-0.25, -0.2) is 0 Å². The van der Waals surface area contributed by atoms with Gasteiger partial charge in [-0.3, -0.25) is 0 Å². The summed E-state index contributed by atoms with van der Waals surface area (Å²) < 4.78 is 6.28. The molecule has 0 spiro atoms. The average Bonchev–Trinajstić information content (AvgIpc) is 2.81. The van der Waals surface area contributed by atoms with E-state index in [1.165, 1.54) is 0 Å². The summed E-state index contributed by atoms with van der Waals surface area (Å²) in [5.41, 5.74) is 0.883. The largest absolute Gasteiger partial charge is 0.487 e. The molecule has 0 bridgehead atoms. The number of halogens is 1. The zero-order chi connectivity index (χ0) is 8.55. The van der Waals surface area contributed by atoms with Crippen LogP contribution in [0.2, 0.25) is 0 Å². The molecule has 0 saturated heterocycles. The van der Waals surface area contributed by atoms with Crippen molar-refractivity contribution in [3.63, 3.8) is 0 Å². The highest BCUT2D eigenvalue weighted by atomic mass is 79.9. The van der Waals surface area contributed by atoms with Crippen molar-refractivity contribution in [2.45, 2.75) is 25.9 Å². The van der Waals surface area contributed by atoms with Gasteiger partial charge in [0.15, 0.2) is 10.4 Å². The second-order valence-electron chi connectivity index (χ2n) is 2.96. The van der Waals surface area contributed by atoms with Gasteiger partial charge in [-0.1, -0.05) is 0 Å². The summed E-state index contributed by atoms with van der Waals surface area (Å²) >= 11 is 3.29. The number of aryl methyl sites for hydroxylation is 1. The van der Waals surface area contributed by atoms with Gasteiger partial charge < -0.3 is 4.74 Å². The van der Waals surface area contributed by atoms with Crippen LogP contribution in [0.3, 0.4) is 0 Å². The topological polar surface area (TPSA) is 35.0 Å². The van der Waals surface area contributed by atoms with Gasteiger partial charge >= 0.3 is 0 Å². The third-order valence-corrected chi connectivity index (χ3v) is 2.21. The van der Waals surface area contributed by atoms with Gasteiger partial charge in [0, 0.05) is 6.07 Å². The maximum atomic E-state index is 5.59. The van der Waals surface area contributed by atoms with Crippen molar-refractivity contribution in [3.8, 4) is 5.75 Å². The molecule has 1 aliphatic rings. The van der Waals surface area contributed by atoms with Crippen molar-refractivity contribution in [2.24, 2.45) is 0 Å². The molecule has 1 aliphatic carbocycles. The molecule has 0 atom stereocenters. The predicted molar refractivity (Wildman–Crippen MR) is 48.1 cm³/mol. The molecule has 1 aromatic rings. The summed E-state index contributed by atoms with van der Waals surface area (Å²) in [6, 6.07) is 1.90. The Labute approximate surface area is 79.3 Å². The van der Waals surface area contributed by atoms with Crippen LogP contribution in [-0.2, 0) is 0 Å². The van der Waals surface area contributed by atoms with E-state index in [4.69, 9.17) is 4.74 Å². The third kappa shape index (κ3) is 1.75. The Morgan fingerprint density at radius 1 is 1.50 bits per heavy atom. The summed E-state index contributed by atoms with van der Waals surface area (Å²) in [7, 11) is 0. The first-order valence-corrected chi connectivity index (χ1v) is 4.71. The molecule has 1 fully saturated rings. The van der Waals surface area contributed by atoms with E-state index < -0.39 is 0 Å². The van der Waals surface area contributed by atoms with Crippen LogP contribution in [0.5, 0.6) is 5.75 Å². The molecule has 0 radical (unpaired) electrons. The highest BCUT2D eigenvalue weighted by Crippen LogP contribution is 2.30. The first-order chi connectivity index (χ1) is 5.75. The van der Waals surface area contributed by atoms with Gasteiger partial charge in [0.1, 0.15) is 0 Å². The minimum absolute atomic E-state index is 0.407. The van der Waals surface area contributed by atoms with Crippen molar-refractivity contribution in [3.05, 3.63) is 16.4 Å². The smallest absolute Gasteiger partial charge is 0.170 e. The minimum atomic E-state index is 0.407. The number of ether oxygens (including phenoxy) is 1. The Morgan fingerprint density at radius 2 is 2.25 bits per heavy atom. The molecular weight excluding hydrogens is 220 g/mol. The third-order valence-electron chi connectivity index (χ3n) is 1.66. The van der Waals surface area contributed by atoms with Crippen LogP contribution in [0.25, 0.3) is 0 Å². The van der Waals surface area contributed by atoms with Gasteiger partial charge in [-0.2, -0.15) is 5.10 Å². The molecule has 0 aliphatic heterocycles. The lowest BCUT2D eigenvalue weighted by molar-refractivity contribution is 0.298. The van der Waals surface area contributed by atoms with Crippen LogP contribution in [0.1, 0.15) is 18.5 Å². The second-order valence-corrected chi connectivity index (χ2v) is 3.71. The number of nitrogens with zero attached hydrogens (tertiary/aromatic N) is 2. The van der Waals surface area contributed by atoms with Crippen LogP contribution in [0.15, 0.2) is 10.7 Å². The Balaban J connectivity index is 2.21. The maximum Gasteiger partial charge on any atom is 0.170 e. The van der Waals surface area contributed by atoms with E-state index in [2.05, 4.69) is 26.1 Å². The molecule has 0 N–H and O–H groups in total. The Hall–Kier alpha value is -0.640. The van der Waals surface area contributed by atoms with Gasteiger partial charge in [0.25, 0.3) is 0 Å². The summed E-state index contributed by atoms with van der Waals surface area (Å²) in [6.07, 6.45) is 2.73. The molecule has 0 amide bonds. The van der Waals surface area contributed by atoms with Crippen molar-refractivity contribution in [1.82, 2.24) is 10.2 Å². The van der Waals surface area contributed by atoms with Crippen molar-refractivity contribution >= 4 is 15.9 Å². The first kappa shape index (κ1) is 7.98. The Morgan fingerprint density at radius 3 is 2.92 bits per heavy atom. The standard InChI is InChI=1S/C8H9BrN2O/c1-5-4-7(8(9)11-10-5)12-6-2-3-6/h4,6H,2-3H2,1H3. The van der Waals surface area contributed by atoms with Crippen LogP contribution in [-0.4, -0.2) is 16.3 Å². The van der Waals surface area contributed by atoms with Crippen LogP contribution in [0, 0.1) is 6.92 Å². The molecule has 12 heavy (non-hydrogen) atoms. The van der Waals surface area contributed by atoms with E-state index in [1.807, 2.05) is 13.0 Å². The first-order valence-electron chi connectivity index (χ1n) is 3.92. The Kier molecular flexibility index (Phi) is 2.00. The van der Waals surface area contributed by atoms with E-state index in [0.717, 1.165) is 24.3 Å². The van der Waals surface area contributed by atoms with E-state index in [-0.39, 0.29) is 0 Å². The highest BCUT2D eigenvalue weighted by molar-refractivity contribution is 9.10. The van der Waals surface area contributed by atoms with E-state index in [0.29, 0.717) is 10.7 Å². The quantitative estimate of drug-likeness (QED) is 0.778. The SMILES string of the molecule is Cc1cc(OC2CC2)c(Br)nn1. The minimum Gasteiger partial charge on any atom is -0.487 e. The normalized spacial score (nSPS) is 16.2. The summed E-state index contributed by atoms with van der Waals surface area (Å²) in [4.78, 5) is 0. The van der Waals surface area contributed by atoms with E-state index in [1.54, 1.807) is 0 Å². The molecule has 1 saturated carbocycles. The molecule has 0 unspecified atom stereocenters. The van der Waals surface area contributed by atoms with Gasteiger partial charge in [0.05, 0.1) is 11.8 Å². The van der Waals surface area contributed by atoms with Gasteiger partial charge in [-0.05, 0) is 35.7 Å². The lowest BCUT2D eigenvalue weighted by atomic mass is 10.4. The fraction of sp³-hybridized carbons (Fsp3) is 0.500. The summed E-state index contributed by atoms with van der Waals surface area (Å²) in [5.74, 6) is 0.810. The number of hydrogen-bond donors (Lipinski definition) is 0. The zero-order valence-corrected chi connectivity index (χ0v) is 8.34. The highest BCUT2D eigenvalue weighted by Gasteiger charge is 2.24. The average molecular weight is 229 g/mol. The summed E-state index contributed by atoms with van der Waals surface area (Å²) in [5, 5.41) is 7.79. The van der Waals surface area contributed by atoms with E-state index in [9.17, 15) is 0 Å². The van der Waals surface area contributed by atoms with Crippen LogP contribution < -0.4 is 4.74 Å². The van der Waals surface area contributed by atoms with Crippen molar-refractivity contribution in [1.29, 1.82) is 0 Å². The monoisotopic (exact) mass is 228 g/mol. The lowest BCUT2D eigenvalue weighted by Gasteiger charge is -2.05. The molecule has 0 aromatic carbocycles. The molecule has 3 nitrogen and oxygen atoms in total. The molecule has 2 rings (SSSR count). The Bertz CT molecular complexity index is 299. The van der Waals surface area contributed by atoms with Crippen LogP contribution >= 0.6 is 15.9 Å². The molecule has 1 heterocycles. The van der Waals surface area contributed by atoms with Crippen molar-refractivity contribution < 1.29 is 4.74 Å².